The highest BCUT2D eigenvalue weighted by atomic mass is 16.6. The molecule has 2 rings (SSSR count). The van der Waals surface area contributed by atoms with E-state index in [1.54, 1.807) is 25.7 Å². The summed E-state index contributed by atoms with van der Waals surface area (Å²) in [5.74, 6) is 1.81. The summed E-state index contributed by atoms with van der Waals surface area (Å²) in [7, 11) is 0. The Morgan fingerprint density at radius 3 is 2.48 bits per heavy atom. The van der Waals surface area contributed by atoms with E-state index in [1.807, 2.05) is 13.8 Å². The lowest BCUT2D eigenvalue weighted by Crippen LogP contribution is -2.52. The van der Waals surface area contributed by atoms with Crippen molar-refractivity contribution in [1.29, 1.82) is 0 Å². The normalized spacial score (nSPS) is 18.9. The Balaban J connectivity index is 1.96. The van der Waals surface area contributed by atoms with Crippen molar-refractivity contribution in [2.24, 2.45) is 5.92 Å². The number of carbonyl (C=O) groups excluding carboxylic acids is 2. The van der Waals surface area contributed by atoms with E-state index in [0.717, 1.165) is 17.9 Å². The zero-order valence-corrected chi connectivity index (χ0v) is 13.4. The highest BCUT2D eigenvalue weighted by molar-refractivity contribution is 5.86. The van der Waals surface area contributed by atoms with E-state index in [4.69, 9.17) is 9.47 Å². The van der Waals surface area contributed by atoms with Crippen LogP contribution in [0.4, 0.5) is 4.79 Å². The maximum atomic E-state index is 12.6. The first-order valence-corrected chi connectivity index (χ1v) is 7.35. The third-order valence-electron chi connectivity index (χ3n) is 3.38. The monoisotopic (exact) mass is 296 g/mol. The number of rotatable bonds is 3. The van der Waals surface area contributed by atoms with Gasteiger partial charge in [0, 0.05) is 13.0 Å². The van der Waals surface area contributed by atoms with Crippen LogP contribution in [0.5, 0.6) is 0 Å². The maximum Gasteiger partial charge on any atom is 0.408 e. The molecule has 1 N–H and O–H groups in total. The smallest absolute Gasteiger partial charge is 0.408 e. The number of amides is 2. The minimum absolute atomic E-state index is 0.0134. The number of carbonyl (C=O) groups is 2. The number of ether oxygens (including phenoxy) is 2. The van der Waals surface area contributed by atoms with Gasteiger partial charge in [-0.3, -0.25) is 4.79 Å². The largest absolute Gasteiger partial charge is 0.457 e. The van der Waals surface area contributed by atoms with E-state index in [-0.39, 0.29) is 11.8 Å². The molecule has 0 aliphatic carbocycles. The zero-order valence-electron chi connectivity index (χ0n) is 13.4. The molecule has 0 fully saturated rings. The molecule has 1 atom stereocenters. The fourth-order valence-corrected chi connectivity index (χ4v) is 2.26. The van der Waals surface area contributed by atoms with Gasteiger partial charge in [-0.2, -0.15) is 0 Å². The Morgan fingerprint density at radius 2 is 1.95 bits per heavy atom. The molecule has 21 heavy (non-hydrogen) atoms. The summed E-state index contributed by atoms with van der Waals surface area (Å²) < 4.78 is 10.5. The molecule has 2 amide bonds. The van der Waals surface area contributed by atoms with Gasteiger partial charge in [-0.15, -0.1) is 0 Å². The molecule has 0 unspecified atom stereocenters. The van der Waals surface area contributed by atoms with Crippen molar-refractivity contribution in [3.05, 3.63) is 11.5 Å². The lowest BCUT2D eigenvalue weighted by molar-refractivity contribution is -0.134. The highest BCUT2D eigenvalue weighted by Crippen LogP contribution is 2.34. The molecule has 0 radical (unpaired) electrons. The predicted octanol–water partition coefficient (Wildman–Crippen LogP) is 2.01. The minimum Gasteiger partial charge on any atom is -0.457 e. The van der Waals surface area contributed by atoms with E-state index in [9.17, 15) is 9.59 Å². The van der Waals surface area contributed by atoms with Gasteiger partial charge in [0.2, 0.25) is 5.91 Å². The van der Waals surface area contributed by atoms with Crippen molar-refractivity contribution in [2.45, 2.75) is 52.7 Å². The van der Waals surface area contributed by atoms with Crippen LogP contribution in [0.1, 0.15) is 41.0 Å². The highest BCUT2D eigenvalue weighted by Gasteiger charge is 2.37. The second kappa shape index (κ2) is 5.58. The average Bonchev–Trinajstić information content (AvgIpc) is 3.10. The van der Waals surface area contributed by atoms with Crippen LogP contribution < -0.4 is 5.32 Å². The lowest BCUT2D eigenvalue weighted by atomic mass is 10.0. The Morgan fingerprint density at radius 1 is 1.29 bits per heavy atom. The fourth-order valence-electron chi connectivity index (χ4n) is 2.26. The summed E-state index contributed by atoms with van der Waals surface area (Å²) in [6.45, 7) is 10.3. The maximum absolute atomic E-state index is 12.6. The van der Waals surface area contributed by atoms with Crippen LogP contribution >= 0.6 is 0 Å². The van der Waals surface area contributed by atoms with Crippen molar-refractivity contribution in [3.63, 3.8) is 0 Å². The molecule has 6 heteroatoms. The van der Waals surface area contributed by atoms with Crippen molar-refractivity contribution in [3.8, 4) is 0 Å². The summed E-state index contributed by atoms with van der Waals surface area (Å²) in [6, 6.07) is -0.583. The number of hydrogen-bond donors (Lipinski definition) is 1. The molecule has 118 valence electrons. The molecular weight excluding hydrogens is 272 g/mol. The molecule has 2 heterocycles. The quantitative estimate of drug-likeness (QED) is 0.865. The third-order valence-corrected chi connectivity index (χ3v) is 3.38. The SMILES string of the molecule is CC(C)[C@@H](NC(=O)OC(C)(C)C)C(=O)N1CCC2=C(C1)O2. The number of hydrogen-bond acceptors (Lipinski definition) is 4. The molecule has 0 aromatic carbocycles. The molecule has 0 aromatic rings. The minimum atomic E-state index is -0.583. The van der Waals surface area contributed by atoms with E-state index in [2.05, 4.69) is 5.32 Å². The summed E-state index contributed by atoms with van der Waals surface area (Å²) in [6.07, 6.45) is 0.201. The number of nitrogens with zero attached hydrogens (tertiary/aromatic N) is 1. The summed E-state index contributed by atoms with van der Waals surface area (Å²) >= 11 is 0. The van der Waals surface area contributed by atoms with Gasteiger partial charge in [0.1, 0.15) is 17.4 Å². The van der Waals surface area contributed by atoms with Gasteiger partial charge >= 0.3 is 6.09 Å². The van der Waals surface area contributed by atoms with Gasteiger partial charge in [-0.05, 0) is 26.7 Å². The second-order valence-corrected chi connectivity index (χ2v) is 6.83. The molecule has 0 saturated heterocycles. The van der Waals surface area contributed by atoms with Crippen LogP contribution in [-0.2, 0) is 14.3 Å². The number of alkyl carbamates (subject to hydrolysis) is 1. The molecule has 0 spiro atoms. The fraction of sp³-hybridized carbons (Fsp3) is 0.733. The van der Waals surface area contributed by atoms with Crippen molar-refractivity contribution in [2.75, 3.05) is 13.1 Å². The average molecular weight is 296 g/mol. The van der Waals surface area contributed by atoms with E-state index in [0.29, 0.717) is 13.1 Å². The Labute approximate surface area is 125 Å². The van der Waals surface area contributed by atoms with E-state index in [1.165, 1.54) is 0 Å². The number of nitrogens with one attached hydrogen (secondary N) is 1. The summed E-state index contributed by atoms with van der Waals surface area (Å²) in [4.78, 5) is 26.2. The van der Waals surface area contributed by atoms with Gasteiger partial charge in [0.05, 0.1) is 6.54 Å². The van der Waals surface area contributed by atoms with Crippen molar-refractivity contribution in [1.82, 2.24) is 10.2 Å². The first kappa shape index (κ1) is 15.7. The summed E-state index contributed by atoms with van der Waals surface area (Å²) in [5.41, 5.74) is -0.582. The second-order valence-electron chi connectivity index (χ2n) is 6.83. The first-order chi connectivity index (χ1) is 9.67. The van der Waals surface area contributed by atoms with Gasteiger partial charge in [0.15, 0.2) is 5.76 Å². The lowest BCUT2D eigenvalue weighted by Gasteiger charge is -2.30. The predicted molar refractivity (Wildman–Crippen MR) is 77.3 cm³/mol. The van der Waals surface area contributed by atoms with E-state index >= 15 is 0 Å². The van der Waals surface area contributed by atoms with Crippen LogP contribution in [0.2, 0.25) is 0 Å². The van der Waals surface area contributed by atoms with Crippen LogP contribution in [-0.4, -0.2) is 41.6 Å². The Bertz CT molecular complexity index is 477. The molecule has 6 nitrogen and oxygen atoms in total. The molecule has 2 aliphatic rings. The van der Waals surface area contributed by atoms with Gasteiger partial charge in [-0.25, -0.2) is 4.79 Å². The zero-order chi connectivity index (χ0) is 15.8. The summed E-state index contributed by atoms with van der Waals surface area (Å²) in [5, 5.41) is 2.69. The van der Waals surface area contributed by atoms with Crippen LogP contribution in [0.15, 0.2) is 11.5 Å². The van der Waals surface area contributed by atoms with Crippen molar-refractivity contribution < 1.29 is 19.1 Å². The molecule has 0 aromatic heterocycles. The van der Waals surface area contributed by atoms with Gasteiger partial charge in [0.25, 0.3) is 0 Å². The van der Waals surface area contributed by atoms with E-state index < -0.39 is 17.7 Å². The Hall–Kier alpha value is -1.72. The molecule has 0 saturated carbocycles. The van der Waals surface area contributed by atoms with Crippen molar-refractivity contribution >= 4 is 12.0 Å². The van der Waals surface area contributed by atoms with Gasteiger partial charge in [-0.1, -0.05) is 13.8 Å². The molecule has 2 aliphatic heterocycles. The molecule has 0 bridgehead atoms. The van der Waals surface area contributed by atoms with Crippen LogP contribution in [0.25, 0.3) is 0 Å². The third kappa shape index (κ3) is 4.12. The van der Waals surface area contributed by atoms with Crippen LogP contribution in [0.3, 0.4) is 0 Å². The first-order valence-electron chi connectivity index (χ1n) is 7.35. The van der Waals surface area contributed by atoms with Crippen LogP contribution in [0, 0.1) is 5.92 Å². The van der Waals surface area contributed by atoms with Gasteiger partial charge < -0.3 is 19.7 Å². The Kier molecular flexibility index (Phi) is 4.16. The topological polar surface area (TPSA) is 71.2 Å². The standard InChI is InChI=1S/C15H24N2O4/c1-9(2)12(16-14(19)21-15(3,4)5)13(18)17-7-6-10-11(8-17)20-10/h9,12H,6-8H2,1-5H3,(H,16,19)/t12-/m1/s1. The molecular formula is C15H24N2O4.